The Morgan fingerprint density at radius 3 is 2.90 bits per heavy atom. The molecule has 2 aromatic rings. The maximum Gasteiger partial charge on any atom is 0.167 e. The molecule has 0 bridgehead atoms. The second-order valence-electron chi connectivity index (χ2n) is 4.32. The normalized spacial score (nSPS) is 29.9. The minimum absolute atomic E-state index is 0.171. The van der Waals surface area contributed by atoms with Crippen LogP contribution in [-0.2, 0) is 4.74 Å². The highest BCUT2D eigenvalue weighted by Gasteiger charge is 2.46. The zero-order valence-corrected chi connectivity index (χ0v) is 10.8. The predicted octanol–water partition coefficient (Wildman–Crippen LogP) is -0.135. The maximum atomic E-state index is 10.7. The first-order chi connectivity index (χ1) is 9.67. The van der Waals surface area contributed by atoms with Gasteiger partial charge in [0.05, 0.1) is 12.9 Å². The van der Waals surface area contributed by atoms with Crippen molar-refractivity contribution in [2.24, 2.45) is 5.18 Å². The molecule has 0 unspecified atom stereocenters. The molecule has 0 radical (unpaired) electrons. The van der Waals surface area contributed by atoms with Gasteiger partial charge in [0, 0.05) is 0 Å². The van der Waals surface area contributed by atoms with Crippen LogP contribution in [0.25, 0.3) is 11.2 Å². The molecule has 1 fully saturated rings. The lowest BCUT2D eigenvalue weighted by Crippen LogP contribution is -2.31. The molecule has 3 heterocycles. The van der Waals surface area contributed by atoms with Gasteiger partial charge in [-0.25, -0.2) is 15.0 Å². The van der Waals surface area contributed by atoms with Gasteiger partial charge in [0.15, 0.2) is 23.1 Å². The fourth-order valence-corrected chi connectivity index (χ4v) is 2.43. The van der Waals surface area contributed by atoms with Gasteiger partial charge in [-0.05, 0) is 0 Å². The molecule has 0 saturated carbocycles. The second kappa shape index (κ2) is 5.02. The number of hydrogen-bond acceptors (Lipinski definition) is 8. The zero-order chi connectivity index (χ0) is 14.3. The van der Waals surface area contributed by atoms with Crippen LogP contribution >= 0.6 is 11.6 Å². The first-order valence-electron chi connectivity index (χ1n) is 5.77. The van der Waals surface area contributed by atoms with E-state index in [1.807, 2.05) is 0 Å². The third-order valence-electron chi connectivity index (χ3n) is 3.23. The van der Waals surface area contributed by atoms with Crippen molar-refractivity contribution in [1.82, 2.24) is 19.5 Å². The first kappa shape index (κ1) is 13.3. The molecule has 2 aromatic heterocycles. The summed E-state index contributed by atoms with van der Waals surface area (Å²) in [6, 6.07) is -1.06. The molecule has 0 aromatic carbocycles. The summed E-state index contributed by atoms with van der Waals surface area (Å²) in [5.74, 6) is 0. The van der Waals surface area contributed by atoms with Crippen LogP contribution in [0.15, 0.2) is 17.8 Å². The molecule has 0 amide bonds. The lowest BCUT2D eigenvalue weighted by Gasteiger charge is -2.16. The third-order valence-corrected chi connectivity index (χ3v) is 3.50. The monoisotopic (exact) mass is 299 g/mol. The molecule has 1 saturated heterocycles. The fraction of sp³-hybridized carbons (Fsp3) is 0.500. The van der Waals surface area contributed by atoms with Crippen LogP contribution in [-0.4, -0.2) is 54.6 Å². The number of hydrogen-bond donors (Lipinski definition) is 2. The molecule has 0 spiro atoms. The van der Waals surface area contributed by atoms with Crippen molar-refractivity contribution in [2.45, 2.75) is 24.5 Å². The van der Waals surface area contributed by atoms with Crippen molar-refractivity contribution in [1.29, 1.82) is 0 Å². The van der Waals surface area contributed by atoms with E-state index in [9.17, 15) is 10.0 Å². The van der Waals surface area contributed by atoms with Crippen molar-refractivity contribution >= 4 is 22.8 Å². The average molecular weight is 300 g/mol. The molecule has 106 valence electrons. The number of nitroso groups, excluding NO2 is 1. The van der Waals surface area contributed by atoms with Gasteiger partial charge in [-0.2, -0.15) is 4.91 Å². The average Bonchev–Trinajstić information content (AvgIpc) is 3.00. The maximum absolute atomic E-state index is 10.7. The molecule has 4 atom stereocenters. The van der Waals surface area contributed by atoms with E-state index in [2.05, 4.69) is 20.1 Å². The van der Waals surface area contributed by atoms with E-state index in [1.165, 1.54) is 17.2 Å². The molecular weight excluding hydrogens is 290 g/mol. The minimum atomic E-state index is -1.21. The summed E-state index contributed by atoms with van der Waals surface area (Å²) in [6.45, 7) is -0.424. The van der Waals surface area contributed by atoms with Gasteiger partial charge in [0.1, 0.15) is 24.1 Å². The Morgan fingerprint density at radius 1 is 1.45 bits per heavy atom. The number of nitrogens with zero attached hydrogens (tertiary/aromatic N) is 5. The van der Waals surface area contributed by atoms with E-state index >= 15 is 0 Å². The number of fused-ring (bicyclic) bond motifs is 1. The minimum Gasteiger partial charge on any atom is -0.394 e. The summed E-state index contributed by atoms with van der Waals surface area (Å²) in [7, 11) is 0. The Balaban J connectivity index is 2.04. The summed E-state index contributed by atoms with van der Waals surface area (Å²) < 4.78 is 6.88. The molecule has 3 rings (SSSR count). The van der Waals surface area contributed by atoms with Gasteiger partial charge in [-0.1, -0.05) is 16.8 Å². The summed E-state index contributed by atoms with van der Waals surface area (Å²) in [6.07, 6.45) is -0.381. The van der Waals surface area contributed by atoms with Gasteiger partial charge in [0.2, 0.25) is 0 Å². The first-order valence-corrected chi connectivity index (χ1v) is 6.15. The van der Waals surface area contributed by atoms with Gasteiger partial charge in [-0.3, -0.25) is 4.57 Å². The standard InChI is InChI=1S/C10H10ClN5O4/c11-8-6-9(13-2-12-8)16(3-14-6)10-7(18)5(15-19)4(1-17)20-10/h2-5,7,10,17-18H,1H2/t4-,5-,7-,10-/m1/s1. The Morgan fingerprint density at radius 2 is 2.25 bits per heavy atom. The number of ether oxygens (including phenoxy) is 1. The van der Waals surface area contributed by atoms with Crippen molar-refractivity contribution in [3.8, 4) is 0 Å². The Hall–Kier alpha value is -1.68. The highest BCUT2D eigenvalue weighted by molar-refractivity contribution is 6.33. The summed E-state index contributed by atoms with van der Waals surface area (Å²) >= 11 is 5.89. The largest absolute Gasteiger partial charge is 0.394 e. The number of imidazole rings is 1. The van der Waals surface area contributed by atoms with Crippen LogP contribution in [0.3, 0.4) is 0 Å². The third kappa shape index (κ3) is 1.86. The number of aliphatic hydroxyl groups excluding tert-OH is 2. The van der Waals surface area contributed by atoms with Crippen LogP contribution in [0, 0.1) is 4.91 Å². The van der Waals surface area contributed by atoms with Gasteiger partial charge in [-0.15, -0.1) is 0 Å². The molecule has 2 N–H and O–H groups in total. The molecule has 9 nitrogen and oxygen atoms in total. The molecule has 20 heavy (non-hydrogen) atoms. The SMILES string of the molecule is O=N[C@H]1[C@@H](O)[C@H](n2cnc3c(Cl)ncnc32)O[C@@H]1CO. The van der Waals surface area contributed by atoms with Crippen molar-refractivity contribution in [3.63, 3.8) is 0 Å². The smallest absolute Gasteiger partial charge is 0.167 e. The highest BCUT2D eigenvalue weighted by atomic mass is 35.5. The van der Waals surface area contributed by atoms with Crippen LogP contribution in [0.4, 0.5) is 0 Å². The Labute approximate surface area is 117 Å². The van der Waals surface area contributed by atoms with E-state index in [0.29, 0.717) is 11.2 Å². The van der Waals surface area contributed by atoms with Crippen LogP contribution in [0.2, 0.25) is 5.15 Å². The molecule has 1 aliphatic heterocycles. The Kier molecular flexibility index (Phi) is 3.34. The van der Waals surface area contributed by atoms with Gasteiger partial charge < -0.3 is 14.9 Å². The Bertz CT molecular complexity index is 650. The molecule has 10 heteroatoms. The molecule has 0 aliphatic carbocycles. The molecule has 1 aliphatic rings. The number of rotatable bonds is 3. The molecular formula is C10H10ClN5O4. The van der Waals surface area contributed by atoms with E-state index in [1.54, 1.807) is 0 Å². The van der Waals surface area contributed by atoms with E-state index in [4.69, 9.17) is 21.4 Å². The summed E-state index contributed by atoms with van der Waals surface area (Å²) in [5.41, 5.74) is 0.713. The lowest BCUT2D eigenvalue weighted by atomic mass is 10.1. The summed E-state index contributed by atoms with van der Waals surface area (Å²) in [4.78, 5) is 22.6. The highest BCUT2D eigenvalue weighted by Crippen LogP contribution is 2.33. The van der Waals surface area contributed by atoms with Gasteiger partial charge in [0.25, 0.3) is 0 Å². The number of aliphatic hydroxyl groups is 2. The number of aromatic nitrogens is 4. The fourth-order valence-electron chi connectivity index (χ4n) is 2.25. The van der Waals surface area contributed by atoms with Crippen molar-refractivity contribution < 1.29 is 14.9 Å². The van der Waals surface area contributed by atoms with Crippen LogP contribution in [0.1, 0.15) is 6.23 Å². The predicted molar refractivity (Wildman–Crippen MR) is 66.9 cm³/mol. The van der Waals surface area contributed by atoms with Crippen molar-refractivity contribution in [3.05, 3.63) is 22.7 Å². The number of halogens is 1. The van der Waals surface area contributed by atoms with Gasteiger partial charge >= 0.3 is 0 Å². The van der Waals surface area contributed by atoms with Crippen LogP contribution < -0.4 is 0 Å². The zero-order valence-electron chi connectivity index (χ0n) is 10.00. The van der Waals surface area contributed by atoms with Crippen molar-refractivity contribution in [2.75, 3.05) is 6.61 Å². The van der Waals surface area contributed by atoms with Crippen LogP contribution in [0.5, 0.6) is 0 Å². The van der Waals surface area contributed by atoms with E-state index in [0.717, 1.165) is 0 Å². The quantitative estimate of drug-likeness (QED) is 0.597. The lowest BCUT2D eigenvalue weighted by molar-refractivity contribution is -0.0488. The van der Waals surface area contributed by atoms with E-state index < -0.39 is 31.1 Å². The topological polar surface area (TPSA) is 123 Å². The second-order valence-corrected chi connectivity index (χ2v) is 4.68. The van der Waals surface area contributed by atoms with E-state index in [-0.39, 0.29) is 5.15 Å². The summed E-state index contributed by atoms with van der Waals surface area (Å²) in [5, 5.41) is 22.2.